The highest BCUT2D eigenvalue weighted by molar-refractivity contribution is 6.03. The van der Waals surface area contributed by atoms with Gasteiger partial charge in [0.2, 0.25) is 0 Å². The zero-order valence-corrected chi connectivity index (χ0v) is 17.6. The van der Waals surface area contributed by atoms with E-state index in [0.29, 0.717) is 17.7 Å². The molecule has 1 aromatic carbocycles. The van der Waals surface area contributed by atoms with Crippen LogP contribution in [0.1, 0.15) is 22.3 Å². The lowest BCUT2D eigenvalue weighted by Gasteiger charge is -2.26. The molecule has 1 saturated heterocycles. The molecule has 0 atom stereocenters. The Morgan fingerprint density at radius 2 is 1.97 bits per heavy atom. The second kappa shape index (κ2) is 8.49. The number of benzene rings is 1. The maximum atomic E-state index is 13.2. The number of pyridine rings is 1. The minimum atomic E-state index is 0.116. The van der Waals surface area contributed by atoms with Crippen molar-refractivity contribution in [2.75, 3.05) is 32.8 Å². The van der Waals surface area contributed by atoms with Crippen molar-refractivity contribution < 1.29 is 13.9 Å². The number of fused-ring (bicyclic) bond motifs is 1. The Morgan fingerprint density at radius 1 is 1.10 bits per heavy atom. The number of carbonyl (C=O) groups excluding carboxylic acids is 1. The van der Waals surface area contributed by atoms with Crippen molar-refractivity contribution in [2.24, 2.45) is 0 Å². The molecule has 1 aliphatic rings. The first-order valence-corrected chi connectivity index (χ1v) is 10.6. The van der Waals surface area contributed by atoms with Crippen molar-refractivity contribution in [3.05, 3.63) is 72.4 Å². The Morgan fingerprint density at radius 3 is 2.74 bits per heavy atom. The van der Waals surface area contributed by atoms with Crippen LogP contribution in [0.4, 0.5) is 0 Å². The highest BCUT2D eigenvalue weighted by atomic mass is 16.5. The molecule has 4 heterocycles. The Balaban J connectivity index is 1.53. The van der Waals surface area contributed by atoms with Crippen molar-refractivity contribution >= 4 is 11.3 Å². The average Bonchev–Trinajstić information content (AvgIpc) is 3.45. The summed E-state index contributed by atoms with van der Waals surface area (Å²) in [4.78, 5) is 19.9. The molecule has 1 fully saturated rings. The average molecular weight is 415 g/mol. The summed E-state index contributed by atoms with van der Waals surface area (Å²) in [5.41, 5.74) is 6.53. The first kappa shape index (κ1) is 19.7. The van der Waals surface area contributed by atoms with Crippen molar-refractivity contribution in [2.45, 2.75) is 13.3 Å². The van der Waals surface area contributed by atoms with Crippen LogP contribution in [0.25, 0.3) is 28.0 Å². The van der Waals surface area contributed by atoms with Gasteiger partial charge in [-0.05, 0) is 30.2 Å². The minimum Gasteiger partial charge on any atom is -0.451 e. The van der Waals surface area contributed by atoms with E-state index in [0.717, 1.165) is 55.2 Å². The summed E-state index contributed by atoms with van der Waals surface area (Å²) in [6.07, 6.45) is 5.54. The maximum Gasteiger partial charge on any atom is 0.181 e. The topological polar surface area (TPSA) is 60.0 Å². The van der Waals surface area contributed by atoms with Gasteiger partial charge in [0, 0.05) is 43.3 Å². The van der Waals surface area contributed by atoms with Crippen LogP contribution in [0.5, 0.6) is 0 Å². The number of morpholine rings is 1. The van der Waals surface area contributed by atoms with Crippen LogP contribution in [-0.4, -0.2) is 52.9 Å². The fourth-order valence-electron chi connectivity index (χ4n) is 4.19. The summed E-state index contributed by atoms with van der Waals surface area (Å²) in [5.74, 6) is 0.116. The molecule has 1 aliphatic heterocycles. The fourth-order valence-corrected chi connectivity index (χ4v) is 4.19. The number of aryl methyl sites for hydroxylation is 1. The smallest absolute Gasteiger partial charge is 0.181 e. The maximum absolute atomic E-state index is 13.2. The van der Waals surface area contributed by atoms with Gasteiger partial charge in [-0.2, -0.15) is 0 Å². The largest absolute Gasteiger partial charge is 0.451 e. The fraction of sp³-hybridized carbons (Fsp3) is 0.280. The van der Waals surface area contributed by atoms with E-state index in [1.165, 1.54) is 12.0 Å². The first-order chi connectivity index (χ1) is 15.2. The summed E-state index contributed by atoms with van der Waals surface area (Å²) in [6, 6.07) is 14.5. The van der Waals surface area contributed by atoms with Crippen LogP contribution in [0.2, 0.25) is 0 Å². The lowest BCUT2D eigenvalue weighted by molar-refractivity contribution is 0.0370. The predicted molar refractivity (Wildman–Crippen MR) is 119 cm³/mol. The Hall–Kier alpha value is -3.22. The van der Waals surface area contributed by atoms with Crippen LogP contribution in [0.15, 0.2) is 65.7 Å². The molecule has 5 rings (SSSR count). The van der Waals surface area contributed by atoms with Gasteiger partial charge in [0.1, 0.15) is 12.0 Å². The van der Waals surface area contributed by atoms with Gasteiger partial charge < -0.3 is 13.6 Å². The molecule has 0 spiro atoms. The van der Waals surface area contributed by atoms with Gasteiger partial charge in [0.25, 0.3) is 0 Å². The highest BCUT2D eigenvalue weighted by Crippen LogP contribution is 2.30. The van der Waals surface area contributed by atoms with Gasteiger partial charge in [0.15, 0.2) is 12.2 Å². The number of ether oxygens (including phenoxy) is 1. The lowest BCUT2D eigenvalue weighted by Crippen LogP contribution is -2.37. The molecule has 6 heteroatoms. The van der Waals surface area contributed by atoms with Crippen LogP contribution in [-0.2, 0) is 4.74 Å². The molecular weight excluding hydrogens is 390 g/mol. The number of rotatable bonds is 6. The van der Waals surface area contributed by atoms with Crippen LogP contribution in [0, 0.1) is 6.92 Å². The van der Waals surface area contributed by atoms with Gasteiger partial charge in [-0.3, -0.25) is 9.69 Å². The van der Waals surface area contributed by atoms with Crippen LogP contribution < -0.4 is 0 Å². The third-order valence-electron chi connectivity index (χ3n) is 5.85. The van der Waals surface area contributed by atoms with E-state index < -0.39 is 0 Å². The number of hydrogen-bond donors (Lipinski definition) is 0. The SMILES string of the molecule is Cc1cccc(-c2ccc3cc(C(=O)CCN4CCOCC4)c(-c4cocn4)n3c2)c1. The standard InChI is InChI=1S/C25H25N3O3/c1-18-3-2-4-19(13-18)20-5-6-21-14-22(24(29)7-8-27-9-11-30-12-10-27)25(28(21)15-20)23-16-31-17-26-23/h2-6,13-17H,7-12H2,1H3. The first-order valence-electron chi connectivity index (χ1n) is 10.6. The molecule has 158 valence electrons. The second-order valence-corrected chi connectivity index (χ2v) is 7.99. The number of aromatic nitrogens is 2. The molecule has 3 aromatic heterocycles. The van der Waals surface area contributed by atoms with Crippen LogP contribution in [0.3, 0.4) is 0 Å². The predicted octanol–water partition coefficient (Wildman–Crippen LogP) is 4.47. The van der Waals surface area contributed by atoms with Crippen molar-refractivity contribution in [3.8, 4) is 22.5 Å². The minimum absolute atomic E-state index is 0.116. The number of oxazole rings is 1. The molecule has 31 heavy (non-hydrogen) atoms. The number of ketones is 1. The van der Waals surface area contributed by atoms with Gasteiger partial charge in [-0.1, -0.05) is 35.9 Å². The lowest BCUT2D eigenvalue weighted by atomic mass is 10.1. The molecule has 4 aromatic rings. The third-order valence-corrected chi connectivity index (χ3v) is 5.85. The van der Waals surface area contributed by atoms with E-state index >= 15 is 0 Å². The van der Waals surface area contributed by atoms with E-state index in [9.17, 15) is 4.79 Å². The zero-order chi connectivity index (χ0) is 21.2. The summed E-state index contributed by atoms with van der Waals surface area (Å²) < 4.78 is 12.7. The summed E-state index contributed by atoms with van der Waals surface area (Å²) in [6.45, 7) is 6.04. The van der Waals surface area contributed by atoms with Crippen molar-refractivity contribution in [1.82, 2.24) is 14.3 Å². The van der Waals surface area contributed by atoms with E-state index in [4.69, 9.17) is 9.15 Å². The van der Waals surface area contributed by atoms with E-state index in [1.54, 1.807) is 6.26 Å². The number of Topliss-reactive ketones (excluding diaryl/α,β-unsaturated/α-hetero) is 1. The van der Waals surface area contributed by atoms with Crippen molar-refractivity contribution in [1.29, 1.82) is 0 Å². The second-order valence-electron chi connectivity index (χ2n) is 7.99. The molecule has 0 amide bonds. The Labute approximate surface area is 181 Å². The van der Waals surface area contributed by atoms with Crippen LogP contribution >= 0.6 is 0 Å². The zero-order valence-electron chi connectivity index (χ0n) is 17.6. The van der Waals surface area contributed by atoms with Gasteiger partial charge in [0.05, 0.1) is 18.9 Å². The molecule has 0 radical (unpaired) electrons. The Bertz CT molecular complexity index is 1200. The molecule has 0 bridgehead atoms. The molecule has 6 nitrogen and oxygen atoms in total. The number of nitrogens with zero attached hydrogens (tertiary/aromatic N) is 3. The summed E-state index contributed by atoms with van der Waals surface area (Å²) in [7, 11) is 0. The molecule has 0 aliphatic carbocycles. The van der Waals surface area contributed by atoms with E-state index in [2.05, 4.69) is 63.8 Å². The van der Waals surface area contributed by atoms with Gasteiger partial charge in [-0.25, -0.2) is 4.98 Å². The molecule has 0 N–H and O–H groups in total. The quantitative estimate of drug-likeness (QED) is 0.435. The summed E-state index contributed by atoms with van der Waals surface area (Å²) in [5, 5.41) is 0. The van der Waals surface area contributed by atoms with E-state index in [-0.39, 0.29) is 5.78 Å². The Kier molecular flexibility index (Phi) is 5.40. The number of carbonyl (C=O) groups is 1. The van der Waals surface area contributed by atoms with Gasteiger partial charge in [-0.15, -0.1) is 0 Å². The number of hydrogen-bond acceptors (Lipinski definition) is 5. The van der Waals surface area contributed by atoms with E-state index in [1.807, 2.05) is 6.07 Å². The highest BCUT2D eigenvalue weighted by Gasteiger charge is 2.21. The van der Waals surface area contributed by atoms with Gasteiger partial charge >= 0.3 is 0 Å². The normalized spacial score (nSPS) is 14.9. The van der Waals surface area contributed by atoms with Crippen molar-refractivity contribution in [3.63, 3.8) is 0 Å². The summed E-state index contributed by atoms with van der Waals surface area (Å²) >= 11 is 0. The molecule has 0 unspecified atom stereocenters. The third kappa shape index (κ3) is 4.04. The monoisotopic (exact) mass is 415 g/mol. The molecule has 0 saturated carbocycles. The molecular formula is C25H25N3O3.